The van der Waals surface area contributed by atoms with E-state index in [0.29, 0.717) is 18.6 Å². The van der Waals surface area contributed by atoms with Gasteiger partial charge in [0.05, 0.1) is 6.61 Å². The van der Waals surface area contributed by atoms with E-state index < -0.39 is 5.92 Å². The number of hydrogen-bond donors (Lipinski definition) is 0. The van der Waals surface area contributed by atoms with Gasteiger partial charge in [-0.25, -0.2) is 0 Å². The Bertz CT molecular complexity index is 690. The first-order valence-electron chi connectivity index (χ1n) is 8.14. The van der Waals surface area contributed by atoms with Crippen molar-refractivity contribution >= 4 is 28.8 Å². The van der Waals surface area contributed by atoms with Gasteiger partial charge in [0.1, 0.15) is 12.5 Å². The predicted molar refractivity (Wildman–Crippen MR) is 92.4 cm³/mol. The van der Waals surface area contributed by atoms with Crippen molar-refractivity contribution < 1.29 is 19.1 Å². The minimum Gasteiger partial charge on any atom is -0.463 e. The highest BCUT2D eigenvalue weighted by Crippen LogP contribution is 2.44. The molecule has 3 rings (SSSR count). The molecule has 2 atom stereocenters. The van der Waals surface area contributed by atoms with E-state index in [1.807, 2.05) is 24.4 Å². The standard InChI is InChI=1S/C18H21NO4S/c1-11-15(18(21)23-9-8-22-2)17(14-7-4-10-24-14)16-12(19-11)5-3-6-13(16)20/h4,7,10,15,17H,3,5-6,8-9H2,1-2H3/t15?,17-/m1/s1. The van der Waals surface area contributed by atoms with Gasteiger partial charge in [0, 0.05) is 41.3 Å². The number of aliphatic imine (C=N–C) groups is 1. The maximum absolute atomic E-state index is 12.7. The fraction of sp³-hybridized carbons (Fsp3) is 0.500. The molecule has 1 aromatic heterocycles. The van der Waals surface area contributed by atoms with Crippen LogP contribution >= 0.6 is 11.3 Å². The van der Waals surface area contributed by atoms with Crippen LogP contribution < -0.4 is 0 Å². The maximum Gasteiger partial charge on any atom is 0.315 e. The zero-order valence-corrected chi connectivity index (χ0v) is 14.7. The topological polar surface area (TPSA) is 65.0 Å². The molecule has 0 amide bonds. The van der Waals surface area contributed by atoms with Crippen molar-refractivity contribution in [1.82, 2.24) is 0 Å². The average Bonchev–Trinajstić information content (AvgIpc) is 3.08. The summed E-state index contributed by atoms with van der Waals surface area (Å²) in [6.07, 6.45) is 2.15. The first kappa shape index (κ1) is 17.0. The molecule has 128 valence electrons. The Morgan fingerprint density at radius 3 is 2.92 bits per heavy atom. The van der Waals surface area contributed by atoms with Crippen molar-refractivity contribution in [1.29, 1.82) is 0 Å². The maximum atomic E-state index is 12.7. The summed E-state index contributed by atoms with van der Waals surface area (Å²) in [5.74, 6) is -1.04. The summed E-state index contributed by atoms with van der Waals surface area (Å²) in [6, 6.07) is 3.93. The van der Waals surface area contributed by atoms with E-state index in [1.165, 1.54) is 0 Å². The molecular weight excluding hydrogens is 326 g/mol. The molecule has 2 aliphatic rings. The SMILES string of the molecule is COCCOC(=O)C1C(C)=NC2=C(C(=O)CCC2)[C@@H]1c1cccs1. The average molecular weight is 347 g/mol. The smallest absolute Gasteiger partial charge is 0.315 e. The Balaban J connectivity index is 1.98. The third kappa shape index (κ3) is 3.21. The number of thiophene rings is 1. The van der Waals surface area contributed by atoms with Gasteiger partial charge in [-0.1, -0.05) is 6.07 Å². The fourth-order valence-electron chi connectivity index (χ4n) is 3.40. The first-order valence-corrected chi connectivity index (χ1v) is 9.02. The number of methoxy groups -OCH3 is 1. The molecule has 0 bridgehead atoms. The quantitative estimate of drug-likeness (QED) is 0.606. The zero-order valence-electron chi connectivity index (χ0n) is 13.9. The number of ketones is 1. The molecule has 0 saturated heterocycles. The molecule has 0 aromatic carbocycles. The minimum absolute atomic E-state index is 0.112. The van der Waals surface area contributed by atoms with Crippen LogP contribution in [-0.2, 0) is 19.1 Å². The lowest BCUT2D eigenvalue weighted by Gasteiger charge is -2.33. The van der Waals surface area contributed by atoms with Crippen molar-refractivity contribution in [2.75, 3.05) is 20.3 Å². The molecule has 24 heavy (non-hydrogen) atoms. The number of ether oxygens (including phenoxy) is 2. The summed E-state index contributed by atoms with van der Waals surface area (Å²) in [7, 11) is 1.56. The Morgan fingerprint density at radius 2 is 2.21 bits per heavy atom. The Labute approximate surface area is 145 Å². The molecule has 0 spiro atoms. The number of hydrogen-bond acceptors (Lipinski definition) is 6. The van der Waals surface area contributed by atoms with Gasteiger partial charge < -0.3 is 9.47 Å². The molecule has 0 N–H and O–H groups in total. The van der Waals surface area contributed by atoms with Crippen LogP contribution in [0.3, 0.4) is 0 Å². The molecule has 6 heteroatoms. The molecule has 0 fully saturated rings. The highest BCUT2D eigenvalue weighted by molar-refractivity contribution is 7.10. The van der Waals surface area contributed by atoms with E-state index in [2.05, 4.69) is 4.99 Å². The Morgan fingerprint density at radius 1 is 1.38 bits per heavy atom. The first-order chi connectivity index (χ1) is 11.6. The van der Waals surface area contributed by atoms with Gasteiger partial charge in [0.2, 0.25) is 0 Å². The number of esters is 1. The second kappa shape index (κ2) is 7.40. The second-order valence-electron chi connectivity index (χ2n) is 6.02. The van der Waals surface area contributed by atoms with Crippen molar-refractivity contribution in [2.45, 2.75) is 32.1 Å². The second-order valence-corrected chi connectivity index (χ2v) is 7.00. The van der Waals surface area contributed by atoms with E-state index in [9.17, 15) is 9.59 Å². The summed E-state index contributed by atoms with van der Waals surface area (Å²) in [5.41, 5.74) is 2.29. The van der Waals surface area contributed by atoms with Crippen molar-refractivity contribution in [3.05, 3.63) is 33.7 Å². The number of rotatable bonds is 5. The molecule has 0 radical (unpaired) electrons. The predicted octanol–water partition coefficient (Wildman–Crippen LogP) is 3.12. The summed E-state index contributed by atoms with van der Waals surface area (Å²) in [6.45, 7) is 2.41. The lowest BCUT2D eigenvalue weighted by molar-refractivity contribution is -0.147. The summed E-state index contributed by atoms with van der Waals surface area (Å²) in [5, 5.41) is 1.97. The molecule has 1 aliphatic carbocycles. The van der Waals surface area contributed by atoms with Gasteiger partial charge in [0.15, 0.2) is 5.78 Å². The van der Waals surface area contributed by atoms with Crippen LogP contribution in [0.25, 0.3) is 0 Å². The molecule has 1 unspecified atom stereocenters. The number of allylic oxidation sites excluding steroid dienone is 2. The highest BCUT2D eigenvalue weighted by atomic mass is 32.1. The molecule has 0 saturated carbocycles. The lowest BCUT2D eigenvalue weighted by atomic mass is 9.74. The molecule has 2 heterocycles. The molecular formula is C18H21NO4S. The van der Waals surface area contributed by atoms with E-state index in [0.717, 1.165) is 29.1 Å². The molecule has 1 aliphatic heterocycles. The van der Waals surface area contributed by atoms with Crippen LogP contribution in [0.2, 0.25) is 0 Å². The van der Waals surface area contributed by atoms with Crippen LogP contribution in [0.15, 0.2) is 33.8 Å². The van der Waals surface area contributed by atoms with Gasteiger partial charge in [0.25, 0.3) is 0 Å². The van der Waals surface area contributed by atoms with Gasteiger partial charge in [-0.05, 0) is 31.2 Å². The van der Waals surface area contributed by atoms with Crippen LogP contribution in [0.4, 0.5) is 0 Å². The summed E-state index contributed by atoms with van der Waals surface area (Å²) < 4.78 is 10.3. The fourth-order valence-corrected chi connectivity index (χ4v) is 4.27. The molecule has 5 nitrogen and oxygen atoms in total. The summed E-state index contributed by atoms with van der Waals surface area (Å²) in [4.78, 5) is 30.9. The van der Waals surface area contributed by atoms with Crippen LogP contribution in [0, 0.1) is 5.92 Å². The van der Waals surface area contributed by atoms with Crippen LogP contribution in [-0.4, -0.2) is 37.8 Å². The third-order valence-electron chi connectivity index (χ3n) is 4.47. The zero-order chi connectivity index (χ0) is 17.1. The van der Waals surface area contributed by atoms with E-state index in [1.54, 1.807) is 18.4 Å². The van der Waals surface area contributed by atoms with Crippen molar-refractivity contribution in [3.63, 3.8) is 0 Å². The number of carbonyl (C=O) groups excluding carboxylic acids is 2. The number of nitrogens with zero attached hydrogens (tertiary/aromatic N) is 1. The largest absolute Gasteiger partial charge is 0.463 e. The molecule has 1 aromatic rings. The monoisotopic (exact) mass is 347 g/mol. The Hall–Kier alpha value is -1.79. The number of Topliss-reactive ketones (excluding diaryl/α,β-unsaturated/α-hetero) is 1. The van der Waals surface area contributed by atoms with Gasteiger partial charge in [-0.2, -0.15) is 0 Å². The minimum atomic E-state index is -0.540. The van der Waals surface area contributed by atoms with E-state index >= 15 is 0 Å². The lowest BCUT2D eigenvalue weighted by Crippen LogP contribution is -2.37. The van der Waals surface area contributed by atoms with Gasteiger partial charge in [-0.15, -0.1) is 11.3 Å². The highest BCUT2D eigenvalue weighted by Gasteiger charge is 2.43. The van der Waals surface area contributed by atoms with Crippen LogP contribution in [0.5, 0.6) is 0 Å². The third-order valence-corrected chi connectivity index (χ3v) is 5.43. The van der Waals surface area contributed by atoms with Crippen LogP contribution in [0.1, 0.15) is 37.0 Å². The normalized spacial score (nSPS) is 23.8. The van der Waals surface area contributed by atoms with E-state index in [-0.39, 0.29) is 24.3 Å². The number of carbonyl (C=O) groups is 2. The Kier molecular flexibility index (Phi) is 5.26. The van der Waals surface area contributed by atoms with Crippen molar-refractivity contribution in [3.8, 4) is 0 Å². The van der Waals surface area contributed by atoms with E-state index in [4.69, 9.17) is 9.47 Å². The van der Waals surface area contributed by atoms with Gasteiger partial charge >= 0.3 is 5.97 Å². The van der Waals surface area contributed by atoms with Gasteiger partial charge in [-0.3, -0.25) is 14.6 Å². The summed E-state index contributed by atoms with van der Waals surface area (Å²) >= 11 is 1.56. The van der Waals surface area contributed by atoms with Crippen molar-refractivity contribution in [2.24, 2.45) is 10.9 Å².